The fourth-order valence-corrected chi connectivity index (χ4v) is 3.60. The molecule has 0 aromatic heterocycles. The lowest BCUT2D eigenvalue weighted by atomic mass is 9.79. The molecule has 0 saturated heterocycles. The van der Waals surface area contributed by atoms with Crippen molar-refractivity contribution >= 4 is 24.4 Å². The molecular formula is C30H47NO11. The molecule has 5 unspecified atom stereocenters. The number of carboxylic acid groups (broad SMARTS) is 1. The van der Waals surface area contributed by atoms with Gasteiger partial charge in [-0.2, -0.15) is 0 Å². The number of hydrogen-bond acceptors (Lipinski definition) is 11. The number of hydrogen-bond donors (Lipinski definition) is 2. The SMILES string of the molecule is CCC(C)COC(=O)Oc1ccc(C(C(C)C(C)OC(=O)OCC(C)C)[C@H](N)C(=O)O)cc1OC(=O)OCC(C)CC. The number of aliphatic carboxylic acids is 1. The molecule has 0 fully saturated rings. The van der Waals surface area contributed by atoms with Crippen molar-refractivity contribution in [3.63, 3.8) is 0 Å². The molecule has 0 heterocycles. The number of carboxylic acids is 1. The normalized spacial score (nSPS) is 15.4. The van der Waals surface area contributed by atoms with Crippen molar-refractivity contribution in [1.29, 1.82) is 0 Å². The first-order valence-electron chi connectivity index (χ1n) is 14.3. The van der Waals surface area contributed by atoms with E-state index in [1.165, 1.54) is 18.2 Å². The van der Waals surface area contributed by atoms with Crippen LogP contribution < -0.4 is 15.2 Å². The summed E-state index contributed by atoms with van der Waals surface area (Å²) in [6, 6.07) is 2.74. The van der Waals surface area contributed by atoms with Gasteiger partial charge in [0.1, 0.15) is 12.1 Å². The van der Waals surface area contributed by atoms with Crippen LogP contribution >= 0.6 is 0 Å². The monoisotopic (exact) mass is 597 g/mol. The Morgan fingerprint density at radius 2 is 1.26 bits per heavy atom. The smallest absolute Gasteiger partial charge is 0.480 e. The van der Waals surface area contributed by atoms with Gasteiger partial charge in [-0.3, -0.25) is 4.79 Å². The Labute approximate surface area is 248 Å². The minimum Gasteiger partial charge on any atom is -0.480 e. The van der Waals surface area contributed by atoms with Gasteiger partial charge in [-0.15, -0.1) is 0 Å². The fraction of sp³-hybridized carbons (Fsp3) is 0.667. The lowest BCUT2D eigenvalue weighted by Gasteiger charge is -2.31. The fourth-order valence-electron chi connectivity index (χ4n) is 3.60. The second-order valence-electron chi connectivity index (χ2n) is 11.1. The zero-order valence-corrected chi connectivity index (χ0v) is 25.9. The van der Waals surface area contributed by atoms with E-state index < -0.39 is 48.4 Å². The number of carbonyl (C=O) groups is 4. The first-order chi connectivity index (χ1) is 19.7. The summed E-state index contributed by atoms with van der Waals surface area (Å²) in [6.07, 6.45) is -2.18. The maximum atomic E-state index is 12.5. The van der Waals surface area contributed by atoms with Gasteiger partial charge in [-0.05, 0) is 42.4 Å². The van der Waals surface area contributed by atoms with Crippen molar-refractivity contribution in [1.82, 2.24) is 0 Å². The van der Waals surface area contributed by atoms with Gasteiger partial charge in [0, 0.05) is 11.8 Å². The molecule has 12 heteroatoms. The molecule has 12 nitrogen and oxygen atoms in total. The Morgan fingerprint density at radius 1 is 0.762 bits per heavy atom. The standard InChI is InChI=1S/C30H47NO11/c1-9-18(5)15-38-29(35)41-23-12-11-22(13-24(23)42-30(36)39-16-19(6)10-2)25(26(31)27(32)33)20(7)21(8)40-28(34)37-14-17(3)4/h11-13,17-21,25-26H,9-10,14-16,31H2,1-8H3,(H,32,33)/t18?,19?,20?,21?,25?,26-/m0/s1. The molecule has 1 aromatic rings. The zero-order chi connectivity index (χ0) is 32.0. The summed E-state index contributed by atoms with van der Waals surface area (Å²) in [5.74, 6) is -2.93. The summed E-state index contributed by atoms with van der Waals surface area (Å²) in [4.78, 5) is 49.0. The highest BCUT2D eigenvalue weighted by Crippen LogP contribution is 2.37. The third-order valence-electron chi connectivity index (χ3n) is 6.90. The Morgan fingerprint density at radius 3 is 1.74 bits per heavy atom. The Bertz CT molecular complexity index is 1030. The molecule has 1 aromatic carbocycles. The molecule has 6 atom stereocenters. The predicted octanol–water partition coefficient (Wildman–Crippen LogP) is 6.14. The van der Waals surface area contributed by atoms with Crippen LogP contribution in [0.3, 0.4) is 0 Å². The van der Waals surface area contributed by atoms with Gasteiger partial charge in [-0.1, -0.05) is 67.4 Å². The molecule has 42 heavy (non-hydrogen) atoms. The van der Waals surface area contributed by atoms with E-state index in [0.29, 0.717) is 5.56 Å². The highest BCUT2D eigenvalue weighted by atomic mass is 16.7. The molecule has 3 N–H and O–H groups in total. The summed E-state index contributed by atoms with van der Waals surface area (Å²) in [5, 5.41) is 9.78. The van der Waals surface area contributed by atoms with E-state index in [4.69, 9.17) is 34.2 Å². The van der Waals surface area contributed by atoms with Gasteiger partial charge in [0.2, 0.25) is 0 Å². The number of carbonyl (C=O) groups excluding carboxylic acids is 3. The predicted molar refractivity (Wildman–Crippen MR) is 154 cm³/mol. The van der Waals surface area contributed by atoms with E-state index in [0.717, 1.165) is 12.8 Å². The Hall–Kier alpha value is -3.54. The van der Waals surface area contributed by atoms with Crippen LogP contribution in [0.15, 0.2) is 18.2 Å². The summed E-state index contributed by atoms with van der Waals surface area (Å²) >= 11 is 0. The van der Waals surface area contributed by atoms with E-state index >= 15 is 0 Å². The molecule has 0 amide bonds. The highest BCUT2D eigenvalue weighted by molar-refractivity contribution is 5.75. The average Bonchev–Trinajstić information content (AvgIpc) is 2.94. The quantitative estimate of drug-likeness (QED) is 0.127. The van der Waals surface area contributed by atoms with Crippen LogP contribution in [0.2, 0.25) is 0 Å². The second kappa shape index (κ2) is 18.1. The largest absolute Gasteiger partial charge is 0.513 e. The molecule has 0 bridgehead atoms. The van der Waals surface area contributed by atoms with Crippen LogP contribution in [-0.4, -0.2) is 61.5 Å². The van der Waals surface area contributed by atoms with Crippen molar-refractivity contribution in [3.05, 3.63) is 23.8 Å². The highest BCUT2D eigenvalue weighted by Gasteiger charge is 2.36. The molecule has 0 radical (unpaired) electrons. The van der Waals surface area contributed by atoms with Crippen LogP contribution in [0.4, 0.5) is 14.4 Å². The maximum absolute atomic E-state index is 12.5. The molecule has 0 aliphatic carbocycles. The first-order valence-corrected chi connectivity index (χ1v) is 14.3. The topological polar surface area (TPSA) is 170 Å². The van der Waals surface area contributed by atoms with E-state index in [1.807, 2.05) is 41.5 Å². The van der Waals surface area contributed by atoms with Crippen LogP contribution in [-0.2, 0) is 23.7 Å². The maximum Gasteiger partial charge on any atom is 0.513 e. The van der Waals surface area contributed by atoms with Crippen LogP contribution in [0.1, 0.15) is 79.7 Å². The van der Waals surface area contributed by atoms with Crippen LogP contribution in [0.25, 0.3) is 0 Å². The second-order valence-corrected chi connectivity index (χ2v) is 11.1. The molecule has 1 rings (SSSR count). The minimum absolute atomic E-state index is 0.0858. The molecule has 0 spiro atoms. The Balaban J connectivity index is 3.37. The summed E-state index contributed by atoms with van der Waals surface area (Å²) in [7, 11) is 0. The lowest BCUT2D eigenvalue weighted by Crippen LogP contribution is -2.42. The molecule has 238 valence electrons. The summed E-state index contributed by atoms with van der Waals surface area (Å²) in [5.41, 5.74) is 6.43. The Kier molecular flexibility index (Phi) is 15.7. The summed E-state index contributed by atoms with van der Waals surface area (Å²) < 4.78 is 31.5. The number of nitrogens with two attached hydrogens (primary N) is 1. The minimum atomic E-state index is -1.43. The van der Waals surface area contributed by atoms with Crippen LogP contribution in [0, 0.1) is 23.7 Å². The van der Waals surface area contributed by atoms with Crippen molar-refractivity contribution in [3.8, 4) is 11.5 Å². The van der Waals surface area contributed by atoms with E-state index in [9.17, 15) is 24.3 Å². The van der Waals surface area contributed by atoms with Gasteiger partial charge in [0.15, 0.2) is 11.5 Å². The van der Waals surface area contributed by atoms with Crippen molar-refractivity contribution < 1.29 is 52.7 Å². The third kappa shape index (κ3) is 12.5. The molecule has 0 aliphatic rings. The first kappa shape index (κ1) is 36.5. The van der Waals surface area contributed by atoms with E-state index in [2.05, 4.69) is 0 Å². The van der Waals surface area contributed by atoms with Gasteiger partial charge in [0.25, 0.3) is 0 Å². The third-order valence-corrected chi connectivity index (χ3v) is 6.90. The van der Waals surface area contributed by atoms with Crippen molar-refractivity contribution in [2.24, 2.45) is 29.4 Å². The number of rotatable bonds is 16. The van der Waals surface area contributed by atoms with Gasteiger partial charge < -0.3 is 39.3 Å². The van der Waals surface area contributed by atoms with Crippen LogP contribution in [0.5, 0.6) is 11.5 Å². The molecule has 0 saturated carbocycles. The van der Waals surface area contributed by atoms with E-state index in [-0.39, 0.29) is 49.1 Å². The average molecular weight is 598 g/mol. The van der Waals surface area contributed by atoms with Gasteiger partial charge in [0.05, 0.1) is 19.8 Å². The van der Waals surface area contributed by atoms with Crippen molar-refractivity contribution in [2.75, 3.05) is 19.8 Å². The molecular weight excluding hydrogens is 550 g/mol. The van der Waals surface area contributed by atoms with E-state index in [1.54, 1.807) is 13.8 Å². The number of benzene rings is 1. The lowest BCUT2D eigenvalue weighted by molar-refractivity contribution is -0.139. The zero-order valence-electron chi connectivity index (χ0n) is 25.9. The van der Waals surface area contributed by atoms with Gasteiger partial charge >= 0.3 is 24.4 Å². The summed E-state index contributed by atoms with van der Waals surface area (Å²) in [6.45, 7) is 15.1. The van der Waals surface area contributed by atoms with Gasteiger partial charge in [-0.25, -0.2) is 14.4 Å². The van der Waals surface area contributed by atoms with Crippen molar-refractivity contribution in [2.45, 2.75) is 86.3 Å². The number of ether oxygens (including phenoxy) is 6. The molecule has 0 aliphatic heterocycles.